The first-order valence-corrected chi connectivity index (χ1v) is 11.6. The fourth-order valence-electron chi connectivity index (χ4n) is 2.68. The minimum atomic E-state index is -0.327. The van der Waals surface area contributed by atoms with E-state index in [1.807, 2.05) is 12.1 Å². The maximum atomic E-state index is 9.59. The Bertz CT molecular complexity index is 640. The Labute approximate surface area is 168 Å². The zero-order valence-corrected chi connectivity index (χ0v) is 18.0. The van der Waals surface area contributed by atoms with Gasteiger partial charge in [-0.05, 0) is 48.9 Å². The van der Waals surface area contributed by atoms with E-state index in [1.165, 1.54) is 39.2 Å². The molecule has 26 heavy (non-hydrogen) atoms. The molecule has 0 saturated heterocycles. The summed E-state index contributed by atoms with van der Waals surface area (Å²) < 4.78 is 13.6. The van der Waals surface area contributed by atoms with E-state index in [0.29, 0.717) is 0 Å². The van der Waals surface area contributed by atoms with Crippen LogP contribution in [-0.2, 0) is 6.61 Å². The average molecular weight is 469 g/mol. The van der Waals surface area contributed by atoms with Crippen LogP contribution in [0.25, 0.3) is 0 Å². The minimum absolute atomic E-state index is 0.0473. The van der Waals surface area contributed by atoms with Crippen molar-refractivity contribution in [2.24, 2.45) is 0 Å². The van der Waals surface area contributed by atoms with Gasteiger partial charge >= 0.3 is 21.2 Å². The molecular formula is C22H30IO3+. The molecule has 0 unspecified atom stereocenters. The lowest BCUT2D eigenvalue weighted by atomic mass is 10.1. The molecule has 2 aromatic rings. The van der Waals surface area contributed by atoms with Crippen LogP contribution in [0.1, 0.15) is 51.0 Å². The standard InChI is InChI=1S/C22H30IO3/c1-3-4-5-6-7-8-15-26-20-11-9-19(10-12-20)23-22-14-13-21(25-2)16-18(22)17-24/h9-14,16,24H,3-8,15,17H2,1-2H3/q+1. The van der Waals surface area contributed by atoms with Crippen LogP contribution in [0.2, 0.25) is 0 Å². The molecule has 0 atom stereocenters. The van der Waals surface area contributed by atoms with E-state index in [1.54, 1.807) is 7.11 Å². The highest BCUT2D eigenvalue weighted by Crippen LogP contribution is 2.13. The Morgan fingerprint density at radius 1 is 0.885 bits per heavy atom. The van der Waals surface area contributed by atoms with E-state index in [9.17, 15) is 5.11 Å². The van der Waals surface area contributed by atoms with Crippen LogP contribution in [-0.4, -0.2) is 18.8 Å². The van der Waals surface area contributed by atoms with Crippen molar-refractivity contribution in [2.75, 3.05) is 13.7 Å². The molecule has 0 aliphatic heterocycles. The first-order chi connectivity index (χ1) is 12.8. The van der Waals surface area contributed by atoms with Gasteiger partial charge in [0, 0.05) is 5.56 Å². The Kier molecular flexibility index (Phi) is 9.85. The van der Waals surface area contributed by atoms with Gasteiger partial charge in [0.05, 0.1) is 20.3 Å². The molecule has 0 saturated carbocycles. The zero-order valence-electron chi connectivity index (χ0n) is 15.8. The fraction of sp³-hybridized carbons (Fsp3) is 0.455. The van der Waals surface area contributed by atoms with Crippen LogP contribution in [0.3, 0.4) is 0 Å². The fourth-order valence-corrected chi connectivity index (χ4v) is 5.10. The number of aliphatic hydroxyl groups excluding tert-OH is 1. The highest BCUT2D eigenvalue weighted by molar-refractivity contribution is 5.28. The largest absolute Gasteiger partial charge is 0.497 e. The summed E-state index contributed by atoms with van der Waals surface area (Å²) in [5, 5.41) is 9.59. The summed E-state index contributed by atoms with van der Waals surface area (Å²) in [5.41, 5.74) is 0.959. The zero-order chi connectivity index (χ0) is 18.6. The SMILES string of the molecule is CCCCCCCCOc1ccc([I+]c2ccc(OC)cc2CO)cc1. The van der Waals surface area contributed by atoms with Crippen molar-refractivity contribution in [2.45, 2.75) is 52.1 Å². The first-order valence-electron chi connectivity index (χ1n) is 9.42. The molecule has 4 heteroatoms. The molecule has 2 aromatic carbocycles. The molecule has 0 aliphatic rings. The first kappa shape index (κ1) is 21.0. The second-order valence-corrected chi connectivity index (χ2v) is 9.23. The molecule has 3 nitrogen and oxygen atoms in total. The summed E-state index contributed by atoms with van der Waals surface area (Å²) in [6, 6.07) is 14.4. The molecular weight excluding hydrogens is 439 g/mol. The van der Waals surface area contributed by atoms with E-state index in [2.05, 4.69) is 37.3 Å². The summed E-state index contributed by atoms with van der Waals surface area (Å²) in [5.74, 6) is 1.74. The second kappa shape index (κ2) is 12.2. The van der Waals surface area contributed by atoms with Crippen LogP contribution in [0, 0.1) is 7.14 Å². The predicted octanol–water partition coefficient (Wildman–Crippen LogP) is 2.06. The van der Waals surface area contributed by atoms with Crippen molar-refractivity contribution in [1.82, 2.24) is 0 Å². The van der Waals surface area contributed by atoms with Crippen LogP contribution in [0.5, 0.6) is 11.5 Å². The molecule has 0 spiro atoms. The van der Waals surface area contributed by atoms with Crippen molar-refractivity contribution in [1.29, 1.82) is 0 Å². The van der Waals surface area contributed by atoms with Crippen molar-refractivity contribution < 1.29 is 35.8 Å². The number of unbranched alkanes of at least 4 members (excludes halogenated alkanes) is 5. The van der Waals surface area contributed by atoms with Gasteiger partial charge in [0.1, 0.15) is 11.5 Å². The third-order valence-corrected chi connectivity index (χ3v) is 7.19. The number of rotatable bonds is 12. The number of benzene rings is 2. The Hall–Kier alpha value is -1.27. The Balaban J connectivity index is 1.80. The lowest BCUT2D eigenvalue weighted by Gasteiger charge is -2.05. The maximum Gasteiger partial charge on any atom is 0.358 e. The quantitative estimate of drug-likeness (QED) is 0.382. The molecule has 0 radical (unpaired) electrons. The van der Waals surface area contributed by atoms with E-state index in [4.69, 9.17) is 9.47 Å². The van der Waals surface area contributed by atoms with Crippen LogP contribution >= 0.6 is 0 Å². The van der Waals surface area contributed by atoms with E-state index < -0.39 is 0 Å². The molecule has 0 heterocycles. The van der Waals surface area contributed by atoms with Gasteiger partial charge in [-0.15, -0.1) is 0 Å². The van der Waals surface area contributed by atoms with Gasteiger partial charge in [-0.3, -0.25) is 0 Å². The minimum Gasteiger partial charge on any atom is -0.497 e. The molecule has 2 rings (SSSR count). The van der Waals surface area contributed by atoms with Gasteiger partial charge in [0.2, 0.25) is 0 Å². The molecule has 0 bridgehead atoms. The summed E-state index contributed by atoms with van der Waals surface area (Å²) >= 11 is -0.327. The van der Waals surface area contributed by atoms with Crippen molar-refractivity contribution in [3.05, 3.63) is 55.2 Å². The lowest BCUT2D eigenvalue weighted by Crippen LogP contribution is -3.61. The van der Waals surface area contributed by atoms with Crippen molar-refractivity contribution in [3.63, 3.8) is 0 Å². The highest BCUT2D eigenvalue weighted by Gasteiger charge is 2.20. The number of hydrogen-bond donors (Lipinski definition) is 1. The third kappa shape index (κ3) is 7.16. The van der Waals surface area contributed by atoms with Gasteiger partial charge < -0.3 is 14.6 Å². The number of halogens is 1. The normalized spacial score (nSPS) is 10.7. The second-order valence-electron chi connectivity index (χ2n) is 6.28. The monoisotopic (exact) mass is 469 g/mol. The Morgan fingerprint density at radius 3 is 2.27 bits per heavy atom. The van der Waals surface area contributed by atoms with Gasteiger partial charge in [-0.1, -0.05) is 39.0 Å². The summed E-state index contributed by atoms with van der Waals surface area (Å²) in [6.45, 7) is 3.09. The molecule has 0 aromatic heterocycles. The molecule has 0 aliphatic carbocycles. The van der Waals surface area contributed by atoms with Crippen molar-refractivity contribution in [3.8, 4) is 11.5 Å². The van der Waals surface area contributed by atoms with Gasteiger partial charge in [0.25, 0.3) is 0 Å². The molecule has 142 valence electrons. The van der Waals surface area contributed by atoms with Gasteiger partial charge in [-0.25, -0.2) is 0 Å². The number of aliphatic hydroxyl groups is 1. The summed E-state index contributed by atoms with van der Waals surface area (Å²) in [7, 11) is 1.65. The summed E-state index contributed by atoms with van der Waals surface area (Å²) in [4.78, 5) is 0. The van der Waals surface area contributed by atoms with Crippen LogP contribution in [0.15, 0.2) is 42.5 Å². The smallest absolute Gasteiger partial charge is 0.358 e. The predicted molar refractivity (Wildman–Crippen MR) is 102 cm³/mol. The lowest BCUT2D eigenvalue weighted by molar-refractivity contribution is -0.598. The molecule has 0 fully saturated rings. The summed E-state index contributed by atoms with van der Waals surface area (Å²) in [6.07, 6.45) is 7.68. The van der Waals surface area contributed by atoms with Crippen LogP contribution in [0.4, 0.5) is 0 Å². The van der Waals surface area contributed by atoms with Gasteiger partial charge in [-0.2, -0.15) is 0 Å². The van der Waals surface area contributed by atoms with E-state index in [0.717, 1.165) is 30.1 Å². The Morgan fingerprint density at radius 2 is 1.58 bits per heavy atom. The number of methoxy groups -OCH3 is 1. The molecule has 1 N–H and O–H groups in total. The topological polar surface area (TPSA) is 38.7 Å². The third-order valence-electron chi connectivity index (χ3n) is 4.21. The molecule has 0 amide bonds. The van der Waals surface area contributed by atoms with Crippen molar-refractivity contribution >= 4 is 0 Å². The van der Waals surface area contributed by atoms with Crippen LogP contribution < -0.4 is 30.7 Å². The number of ether oxygens (including phenoxy) is 2. The van der Waals surface area contributed by atoms with E-state index in [-0.39, 0.29) is 27.8 Å². The number of hydrogen-bond acceptors (Lipinski definition) is 3. The highest BCUT2D eigenvalue weighted by atomic mass is 127. The average Bonchev–Trinajstić information content (AvgIpc) is 2.68. The van der Waals surface area contributed by atoms with E-state index >= 15 is 0 Å². The maximum absolute atomic E-state index is 9.59. The van der Waals surface area contributed by atoms with Gasteiger partial charge in [0.15, 0.2) is 7.14 Å².